The summed E-state index contributed by atoms with van der Waals surface area (Å²) in [6, 6.07) is 11.5. The van der Waals surface area contributed by atoms with Crippen LogP contribution in [0.4, 0.5) is 0 Å². The molecule has 3 nitrogen and oxygen atoms in total. The van der Waals surface area contributed by atoms with E-state index < -0.39 is 0 Å². The Labute approximate surface area is 130 Å². The molecule has 1 aliphatic heterocycles. The van der Waals surface area contributed by atoms with Crippen LogP contribution in [0, 0.1) is 0 Å². The van der Waals surface area contributed by atoms with Crippen LogP contribution in [-0.2, 0) is 6.54 Å². The van der Waals surface area contributed by atoms with E-state index in [4.69, 9.17) is 0 Å². The van der Waals surface area contributed by atoms with E-state index in [1.807, 2.05) is 0 Å². The third kappa shape index (κ3) is 6.16. The first-order chi connectivity index (χ1) is 10.3. The van der Waals surface area contributed by atoms with Gasteiger partial charge in [0.15, 0.2) is 0 Å². The normalized spacial score (nSPS) is 18.8. The molecule has 3 heteroatoms. The van der Waals surface area contributed by atoms with Crippen molar-refractivity contribution in [3.05, 3.63) is 35.9 Å². The highest BCUT2D eigenvalue weighted by Crippen LogP contribution is 2.08. The van der Waals surface area contributed by atoms with Crippen LogP contribution >= 0.6 is 0 Å². The lowest BCUT2D eigenvalue weighted by molar-refractivity contribution is 0.127. The predicted molar refractivity (Wildman–Crippen MR) is 90.5 cm³/mol. The van der Waals surface area contributed by atoms with E-state index in [2.05, 4.69) is 59.3 Å². The van der Waals surface area contributed by atoms with Gasteiger partial charge in [-0.2, -0.15) is 0 Å². The zero-order valence-corrected chi connectivity index (χ0v) is 13.7. The molecule has 0 aromatic heterocycles. The third-order valence-corrected chi connectivity index (χ3v) is 4.36. The van der Waals surface area contributed by atoms with Crippen LogP contribution in [0.3, 0.4) is 0 Å². The number of hydrogen-bond acceptors (Lipinski definition) is 3. The van der Waals surface area contributed by atoms with Crippen molar-refractivity contribution in [3.8, 4) is 0 Å². The topological polar surface area (TPSA) is 18.5 Å². The maximum atomic E-state index is 3.63. The molecule has 118 valence electrons. The van der Waals surface area contributed by atoms with Crippen molar-refractivity contribution in [3.63, 3.8) is 0 Å². The fourth-order valence-electron chi connectivity index (χ4n) is 3.02. The van der Waals surface area contributed by atoms with Gasteiger partial charge in [0.05, 0.1) is 0 Å². The standard InChI is InChI=1S/C18H31N3/c1-3-7-17(2)19-10-11-20-12-14-21(15-13-20)16-18-8-5-4-6-9-18/h4-6,8-9,17,19H,3,7,10-16H2,1-2H3. The van der Waals surface area contributed by atoms with E-state index in [9.17, 15) is 0 Å². The van der Waals surface area contributed by atoms with Crippen molar-refractivity contribution in [2.24, 2.45) is 0 Å². The Balaban J connectivity index is 1.60. The quantitative estimate of drug-likeness (QED) is 0.793. The van der Waals surface area contributed by atoms with Crippen LogP contribution in [0.25, 0.3) is 0 Å². The summed E-state index contributed by atoms with van der Waals surface area (Å²) in [7, 11) is 0. The fourth-order valence-corrected chi connectivity index (χ4v) is 3.02. The third-order valence-electron chi connectivity index (χ3n) is 4.36. The van der Waals surface area contributed by atoms with Gasteiger partial charge < -0.3 is 5.32 Å². The molecule has 1 N–H and O–H groups in total. The zero-order valence-electron chi connectivity index (χ0n) is 13.7. The lowest BCUT2D eigenvalue weighted by Gasteiger charge is -2.35. The van der Waals surface area contributed by atoms with Crippen LogP contribution in [0.1, 0.15) is 32.3 Å². The van der Waals surface area contributed by atoms with Crippen LogP contribution in [0.15, 0.2) is 30.3 Å². The second-order valence-electron chi connectivity index (χ2n) is 6.25. The van der Waals surface area contributed by atoms with Crippen molar-refractivity contribution in [2.75, 3.05) is 39.3 Å². The molecule has 0 bridgehead atoms. The summed E-state index contributed by atoms with van der Waals surface area (Å²) in [4.78, 5) is 5.16. The highest BCUT2D eigenvalue weighted by atomic mass is 15.3. The van der Waals surface area contributed by atoms with Gasteiger partial charge in [-0.15, -0.1) is 0 Å². The average molecular weight is 289 g/mol. The smallest absolute Gasteiger partial charge is 0.0234 e. The Morgan fingerprint density at radius 1 is 1.05 bits per heavy atom. The summed E-state index contributed by atoms with van der Waals surface area (Å²) >= 11 is 0. The van der Waals surface area contributed by atoms with Crippen LogP contribution in [-0.4, -0.2) is 55.1 Å². The Bertz CT molecular complexity index is 371. The fraction of sp³-hybridized carbons (Fsp3) is 0.667. The van der Waals surface area contributed by atoms with E-state index in [1.54, 1.807) is 0 Å². The first kappa shape index (κ1) is 16.5. The van der Waals surface area contributed by atoms with Gasteiger partial charge in [-0.3, -0.25) is 9.80 Å². The second-order valence-corrected chi connectivity index (χ2v) is 6.25. The van der Waals surface area contributed by atoms with Gasteiger partial charge in [0.1, 0.15) is 0 Å². The molecular formula is C18H31N3. The summed E-state index contributed by atoms with van der Waals surface area (Å²) < 4.78 is 0. The van der Waals surface area contributed by atoms with E-state index in [0.717, 1.165) is 13.1 Å². The number of hydrogen-bond donors (Lipinski definition) is 1. The lowest BCUT2D eigenvalue weighted by atomic mass is 10.2. The number of nitrogens with zero attached hydrogens (tertiary/aromatic N) is 2. The number of rotatable bonds is 8. The highest BCUT2D eigenvalue weighted by Gasteiger charge is 2.16. The van der Waals surface area contributed by atoms with Gasteiger partial charge in [-0.05, 0) is 18.9 Å². The first-order valence-electron chi connectivity index (χ1n) is 8.50. The molecule has 0 aliphatic carbocycles. The van der Waals surface area contributed by atoms with Gasteiger partial charge >= 0.3 is 0 Å². The molecule has 0 spiro atoms. The predicted octanol–water partition coefficient (Wildman–Crippen LogP) is 2.58. The number of nitrogens with one attached hydrogen (secondary N) is 1. The van der Waals surface area contributed by atoms with E-state index in [1.165, 1.54) is 51.1 Å². The summed E-state index contributed by atoms with van der Waals surface area (Å²) in [5.74, 6) is 0. The zero-order chi connectivity index (χ0) is 14.9. The van der Waals surface area contributed by atoms with Crippen molar-refractivity contribution in [1.82, 2.24) is 15.1 Å². The van der Waals surface area contributed by atoms with Crippen molar-refractivity contribution >= 4 is 0 Å². The molecule has 0 saturated carbocycles. The monoisotopic (exact) mass is 289 g/mol. The van der Waals surface area contributed by atoms with Gasteiger partial charge in [0.25, 0.3) is 0 Å². The van der Waals surface area contributed by atoms with E-state index >= 15 is 0 Å². The highest BCUT2D eigenvalue weighted by molar-refractivity contribution is 5.14. The van der Waals surface area contributed by atoms with Crippen LogP contribution in [0.2, 0.25) is 0 Å². The minimum Gasteiger partial charge on any atom is -0.313 e. The molecular weight excluding hydrogens is 258 g/mol. The molecule has 1 fully saturated rings. The van der Waals surface area contributed by atoms with E-state index in [0.29, 0.717) is 6.04 Å². The molecule has 1 aromatic carbocycles. The maximum Gasteiger partial charge on any atom is 0.0234 e. The molecule has 1 atom stereocenters. The summed E-state index contributed by atoms with van der Waals surface area (Å²) in [6.07, 6.45) is 2.55. The molecule has 1 aromatic rings. The molecule has 21 heavy (non-hydrogen) atoms. The first-order valence-corrected chi connectivity index (χ1v) is 8.50. The maximum absolute atomic E-state index is 3.63. The Morgan fingerprint density at radius 2 is 1.71 bits per heavy atom. The summed E-state index contributed by atoms with van der Waals surface area (Å²) in [5.41, 5.74) is 1.43. The molecule has 1 unspecified atom stereocenters. The molecule has 0 amide bonds. The minimum absolute atomic E-state index is 0.661. The molecule has 1 heterocycles. The van der Waals surface area contributed by atoms with Gasteiger partial charge in [0, 0.05) is 51.9 Å². The van der Waals surface area contributed by atoms with Gasteiger partial charge in [0.2, 0.25) is 0 Å². The molecule has 1 saturated heterocycles. The molecule has 2 rings (SSSR count). The van der Waals surface area contributed by atoms with Crippen molar-refractivity contribution < 1.29 is 0 Å². The lowest BCUT2D eigenvalue weighted by Crippen LogP contribution is -2.48. The van der Waals surface area contributed by atoms with Gasteiger partial charge in [-0.1, -0.05) is 43.7 Å². The molecule has 1 aliphatic rings. The molecule has 0 radical (unpaired) electrons. The minimum atomic E-state index is 0.661. The average Bonchev–Trinajstić information content (AvgIpc) is 2.50. The van der Waals surface area contributed by atoms with E-state index in [-0.39, 0.29) is 0 Å². The van der Waals surface area contributed by atoms with Crippen molar-refractivity contribution in [2.45, 2.75) is 39.3 Å². The summed E-state index contributed by atoms with van der Waals surface area (Å²) in [6.45, 7) is 12.8. The Hall–Kier alpha value is -0.900. The van der Waals surface area contributed by atoms with Crippen molar-refractivity contribution in [1.29, 1.82) is 0 Å². The number of piperazine rings is 1. The van der Waals surface area contributed by atoms with Gasteiger partial charge in [-0.25, -0.2) is 0 Å². The largest absolute Gasteiger partial charge is 0.313 e. The number of benzene rings is 1. The SMILES string of the molecule is CCCC(C)NCCN1CCN(Cc2ccccc2)CC1. The Morgan fingerprint density at radius 3 is 2.38 bits per heavy atom. The second kappa shape index (κ2) is 9.19. The van der Waals surface area contributed by atoms with Crippen LogP contribution < -0.4 is 5.32 Å². The van der Waals surface area contributed by atoms with Crippen LogP contribution in [0.5, 0.6) is 0 Å². The summed E-state index contributed by atoms with van der Waals surface area (Å²) in [5, 5.41) is 3.63. The Kier molecular flexibility index (Phi) is 7.20.